The van der Waals surface area contributed by atoms with Gasteiger partial charge in [0.25, 0.3) is 0 Å². The third-order valence-electron chi connectivity index (χ3n) is 3.48. The minimum atomic E-state index is -0.181. The van der Waals surface area contributed by atoms with Gasteiger partial charge in [-0.2, -0.15) is 0 Å². The lowest BCUT2D eigenvalue weighted by Crippen LogP contribution is -2.45. The topological polar surface area (TPSA) is 48.1 Å². The van der Waals surface area contributed by atoms with E-state index in [1.54, 1.807) is 13.3 Å². The number of ether oxygens (including phenoxy) is 1. The highest BCUT2D eigenvalue weighted by atomic mass is 16.5. The van der Waals surface area contributed by atoms with E-state index >= 15 is 0 Å². The van der Waals surface area contributed by atoms with Crippen molar-refractivity contribution in [1.82, 2.24) is 4.98 Å². The molecule has 82 valence electrons. The van der Waals surface area contributed by atoms with Gasteiger partial charge in [0.05, 0.1) is 7.11 Å². The average Bonchev–Trinajstić information content (AvgIpc) is 2.97. The number of methoxy groups -OCH3 is 1. The van der Waals surface area contributed by atoms with Crippen LogP contribution in [0.3, 0.4) is 0 Å². The molecule has 0 radical (unpaired) electrons. The van der Waals surface area contributed by atoms with Crippen molar-refractivity contribution in [3.63, 3.8) is 0 Å². The number of nitrogens with two attached hydrogens (primary N) is 1. The molecule has 1 heterocycles. The molecular weight excluding hydrogens is 188 g/mol. The summed E-state index contributed by atoms with van der Waals surface area (Å²) in [5.41, 5.74) is 7.44. The molecule has 0 spiro atoms. The molecule has 2 N–H and O–H groups in total. The van der Waals surface area contributed by atoms with Crippen LogP contribution in [0.5, 0.6) is 5.88 Å². The van der Waals surface area contributed by atoms with Crippen LogP contribution in [0.25, 0.3) is 0 Å². The Balaban J connectivity index is 2.38. The Bertz CT molecular complexity index is 364. The second-order valence-electron chi connectivity index (χ2n) is 4.89. The first kappa shape index (κ1) is 10.4. The predicted molar refractivity (Wildman–Crippen MR) is 60.0 cm³/mol. The van der Waals surface area contributed by atoms with Gasteiger partial charge in [0.2, 0.25) is 5.88 Å². The molecule has 0 unspecified atom stereocenters. The minimum absolute atomic E-state index is 0.128. The summed E-state index contributed by atoms with van der Waals surface area (Å²) in [6.07, 6.45) is 4.10. The van der Waals surface area contributed by atoms with Crippen molar-refractivity contribution in [2.75, 3.05) is 7.11 Å². The maximum absolute atomic E-state index is 6.24. The summed E-state index contributed by atoms with van der Waals surface area (Å²) in [5.74, 6) is 0.669. The molecule has 1 saturated carbocycles. The molecule has 1 fully saturated rings. The van der Waals surface area contributed by atoms with Gasteiger partial charge in [0, 0.05) is 23.2 Å². The van der Waals surface area contributed by atoms with Crippen molar-refractivity contribution < 1.29 is 4.74 Å². The highest BCUT2D eigenvalue weighted by molar-refractivity contribution is 5.37. The standard InChI is InChI=1S/C12H18N2O/c1-11(2,13)12(5-6-12)9-4-7-14-10(8-9)15-3/h4,7-8H,5-6,13H2,1-3H3. The summed E-state index contributed by atoms with van der Waals surface area (Å²) in [7, 11) is 1.64. The van der Waals surface area contributed by atoms with Gasteiger partial charge in [0.1, 0.15) is 0 Å². The number of aromatic nitrogens is 1. The van der Waals surface area contributed by atoms with E-state index in [2.05, 4.69) is 18.8 Å². The van der Waals surface area contributed by atoms with Crippen LogP contribution < -0.4 is 10.5 Å². The zero-order valence-corrected chi connectivity index (χ0v) is 9.58. The van der Waals surface area contributed by atoms with Crippen LogP contribution in [0.4, 0.5) is 0 Å². The van der Waals surface area contributed by atoms with Gasteiger partial charge < -0.3 is 10.5 Å². The van der Waals surface area contributed by atoms with E-state index in [0.717, 1.165) is 12.8 Å². The smallest absolute Gasteiger partial charge is 0.213 e. The number of nitrogens with zero attached hydrogens (tertiary/aromatic N) is 1. The second kappa shape index (κ2) is 3.20. The van der Waals surface area contributed by atoms with Crippen molar-refractivity contribution in [3.05, 3.63) is 23.9 Å². The van der Waals surface area contributed by atoms with Gasteiger partial charge >= 0.3 is 0 Å². The Kier molecular flexibility index (Phi) is 2.23. The molecule has 1 aliphatic carbocycles. The Morgan fingerprint density at radius 2 is 2.13 bits per heavy atom. The first-order valence-electron chi connectivity index (χ1n) is 5.29. The summed E-state index contributed by atoms with van der Waals surface area (Å²) >= 11 is 0. The molecule has 1 aromatic rings. The van der Waals surface area contributed by atoms with Crippen LogP contribution in [0.2, 0.25) is 0 Å². The lowest BCUT2D eigenvalue weighted by atomic mass is 9.79. The van der Waals surface area contributed by atoms with E-state index in [1.807, 2.05) is 12.1 Å². The van der Waals surface area contributed by atoms with Crippen molar-refractivity contribution in [2.45, 2.75) is 37.6 Å². The Morgan fingerprint density at radius 3 is 2.60 bits per heavy atom. The van der Waals surface area contributed by atoms with E-state index in [-0.39, 0.29) is 11.0 Å². The summed E-state index contributed by atoms with van der Waals surface area (Å²) in [6, 6.07) is 4.05. The van der Waals surface area contributed by atoms with E-state index in [1.165, 1.54) is 5.56 Å². The normalized spacial score (nSPS) is 18.7. The fourth-order valence-corrected chi connectivity index (χ4v) is 2.25. The summed E-state index contributed by atoms with van der Waals surface area (Å²) in [6.45, 7) is 4.18. The zero-order chi connectivity index (χ0) is 11.1. The minimum Gasteiger partial charge on any atom is -0.481 e. The molecule has 0 aliphatic heterocycles. The fraction of sp³-hybridized carbons (Fsp3) is 0.583. The van der Waals surface area contributed by atoms with E-state index in [4.69, 9.17) is 10.5 Å². The summed E-state index contributed by atoms with van der Waals surface area (Å²) in [4.78, 5) is 4.12. The molecule has 3 heteroatoms. The molecule has 1 aromatic heterocycles. The van der Waals surface area contributed by atoms with E-state index in [9.17, 15) is 0 Å². The van der Waals surface area contributed by atoms with Crippen molar-refractivity contribution in [2.24, 2.45) is 5.73 Å². The lowest BCUT2D eigenvalue weighted by Gasteiger charge is -2.31. The monoisotopic (exact) mass is 206 g/mol. The van der Waals surface area contributed by atoms with Gasteiger partial charge in [-0.25, -0.2) is 4.98 Å². The summed E-state index contributed by atoms with van der Waals surface area (Å²) < 4.78 is 5.14. The Labute approximate surface area is 90.7 Å². The number of hydrogen-bond donors (Lipinski definition) is 1. The van der Waals surface area contributed by atoms with Crippen LogP contribution in [0.1, 0.15) is 32.3 Å². The van der Waals surface area contributed by atoms with Crippen LogP contribution >= 0.6 is 0 Å². The van der Waals surface area contributed by atoms with Crippen molar-refractivity contribution >= 4 is 0 Å². The highest BCUT2D eigenvalue weighted by Gasteiger charge is 2.53. The van der Waals surface area contributed by atoms with E-state index in [0.29, 0.717) is 5.88 Å². The van der Waals surface area contributed by atoms with Crippen molar-refractivity contribution in [1.29, 1.82) is 0 Å². The number of rotatable bonds is 3. The molecule has 0 amide bonds. The van der Waals surface area contributed by atoms with Gasteiger partial charge in [-0.1, -0.05) is 0 Å². The molecule has 1 aliphatic rings. The quantitative estimate of drug-likeness (QED) is 0.821. The molecule has 0 atom stereocenters. The molecule has 3 nitrogen and oxygen atoms in total. The number of hydrogen-bond acceptors (Lipinski definition) is 3. The van der Waals surface area contributed by atoms with E-state index < -0.39 is 0 Å². The third-order valence-corrected chi connectivity index (χ3v) is 3.48. The molecule has 0 aromatic carbocycles. The first-order valence-corrected chi connectivity index (χ1v) is 5.29. The molecule has 15 heavy (non-hydrogen) atoms. The van der Waals surface area contributed by atoms with Crippen LogP contribution in [-0.2, 0) is 5.41 Å². The lowest BCUT2D eigenvalue weighted by molar-refractivity contribution is 0.379. The Morgan fingerprint density at radius 1 is 1.47 bits per heavy atom. The zero-order valence-electron chi connectivity index (χ0n) is 9.58. The summed E-state index contributed by atoms with van der Waals surface area (Å²) in [5, 5.41) is 0. The Hall–Kier alpha value is -1.09. The van der Waals surface area contributed by atoms with Gasteiger partial charge in [-0.3, -0.25) is 0 Å². The van der Waals surface area contributed by atoms with Gasteiger partial charge in [-0.15, -0.1) is 0 Å². The molecule has 0 saturated heterocycles. The molecule has 2 rings (SSSR count). The van der Waals surface area contributed by atoms with Crippen LogP contribution in [-0.4, -0.2) is 17.6 Å². The predicted octanol–water partition coefficient (Wildman–Crippen LogP) is 1.86. The maximum Gasteiger partial charge on any atom is 0.213 e. The van der Waals surface area contributed by atoms with Crippen LogP contribution in [0.15, 0.2) is 18.3 Å². The maximum atomic E-state index is 6.24. The first-order chi connectivity index (χ1) is 6.99. The second-order valence-corrected chi connectivity index (χ2v) is 4.89. The number of pyridine rings is 1. The highest BCUT2D eigenvalue weighted by Crippen LogP contribution is 2.54. The van der Waals surface area contributed by atoms with Crippen LogP contribution in [0, 0.1) is 0 Å². The fourth-order valence-electron chi connectivity index (χ4n) is 2.25. The van der Waals surface area contributed by atoms with Gasteiger partial charge in [0.15, 0.2) is 0 Å². The SMILES string of the molecule is COc1cc(C2(C(C)(C)N)CC2)ccn1. The largest absolute Gasteiger partial charge is 0.481 e. The van der Waals surface area contributed by atoms with Gasteiger partial charge in [-0.05, 0) is 38.3 Å². The molecule has 0 bridgehead atoms. The average molecular weight is 206 g/mol. The molecular formula is C12H18N2O. The van der Waals surface area contributed by atoms with Crippen molar-refractivity contribution in [3.8, 4) is 5.88 Å². The third kappa shape index (κ3) is 1.61.